The summed E-state index contributed by atoms with van der Waals surface area (Å²) >= 11 is 0. The Morgan fingerprint density at radius 2 is 2.31 bits per heavy atom. The number of aromatic nitrogens is 1. The maximum absolute atomic E-state index is 13.0. The van der Waals surface area contributed by atoms with E-state index in [9.17, 15) is 4.39 Å². The molecule has 0 amide bonds. The largest absolute Gasteiger partial charge is 0.473 e. The van der Waals surface area contributed by atoms with E-state index in [0.29, 0.717) is 6.61 Å². The molecule has 0 aliphatic carbocycles. The number of nitrogen functional groups attached to an aromatic ring is 1. The quantitative estimate of drug-likeness (QED) is 0.707. The molecule has 0 saturated heterocycles. The molecule has 0 bridgehead atoms. The number of anilines is 1. The Kier molecular flexibility index (Phi) is 3.45. The average molecular weight is 186 g/mol. The summed E-state index contributed by atoms with van der Waals surface area (Å²) in [4.78, 5) is 3.67. The summed E-state index contributed by atoms with van der Waals surface area (Å²) in [7, 11) is 1.54. The third-order valence-corrected chi connectivity index (χ3v) is 1.35. The Bertz CT molecular complexity index is 281. The highest BCUT2D eigenvalue weighted by molar-refractivity contribution is 5.37. The third kappa shape index (κ3) is 2.87. The van der Waals surface area contributed by atoms with Crippen LogP contribution in [0.5, 0.6) is 5.88 Å². The van der Waals surface area contributed by atoms with Gasteiger partial charge >= 0.3 is 0 Å². The van der Waals surface area contributed by atoms with E-state index in [1.807, 2.05) is 0 Å². The second-order valence-corrected chi connectivity index (χ2v) is 2.40. The maximum atomic E-state index is 13.0. The Labute approximate surface area is 75.5 Å². The van der Waals surface area contributed by atoms with E-state index >= 15 is 0 Å². The summed E-state index contributed by atoms with van der Waals surface area (Å²) in [5, 5.41) is 0. The first-order chi connectivity index (χ1) is 6.24. The molecule has 2 N–H and O–H groups in total. The van der Waals surface area contributed by atoms with Crippen LogP contribution in [0.2, 0.25) is 0 Å². The Morgan fingerprint density at radius 3 is 2.92 bits per heavy atom. The van der Waals surface area contributed by atoms with Crippen molar-refractivity contribution < 1.29 is 13.9 Å². The smallest absolute Gasteiger partial charge is 0.250 e. The van der Waals surface area contributed by atoms with E-state index in [1.54, 1.807) is 0 Å². The second kappa shape index (κ2) is 4.61. The van der Waals surface area contributed by atoms with Crippen molar-refractivity contribution >= 4 is 5.69 Å². The van der Waals surface area contributed by atoms with Crippen molar-refractivity contribution in [3.8, 4) is 5.88 Å². The summed E-state index contributed by atoms with van der Waals surface area (Å²) in [5.74, 6) is -0.609. The minimum atomic E-state index is -0.559. The summed E-state index contributed by atoms with van der Waals surface area (Å²) in [6.45, 7) is 0.663. The minimum Gasteiger partial charge on any atom is -0.473 e. The SMILES string of the molecule is COCCOc1ncc(N)cc1F. The summed E-state index contributed by atoms with van der Waals surface area (Å²) < 4.78 is 22.7. The fourth-order valence-corrected chi connectivity index (χ4v) is 0.768. The molecule has 1 rings (SSSR count). The first kappa shape index (κ1) is 9.73. The van der Waals surface area contributed by atoms with Crippen molar-refractivity contribution in [2.75, 3.05) is 26.1 Å². The summed E-state index contributed by atoms with van der Waals surface area (Å²) in [6.07, 6.45) is 1.34. The van der Waals surface area contributed by atoms with Gasteiger partial charge in [0, 0.05) is 13.2 Å². The van der Waals surface area contributed by atoms with E-state index < -0.39 is 5.82 Å². The van der Waals surface area contributed by atoms with Gasteiger partial charge in [-0.05, 0) is 0 Å². The molecule has 0 aliphatic rings. The van der Waals surface area contributed by atoms with Gasteiger partial charge in [0.25, 0.3) is 5.88 Å². The molecule has 0 fully saturated rings. The molecule has 0 radical (unpaired) electrons. The molecule has 1 aromatic heterocycles. The van der Waals surface area contributed by atoms with Gasteiger partial charge in [-0.25, -0.2) is 9.37 Å². The van der Waals surface area contributed by atoms with Gasteiger partial charge in [-0.3, -0.25) is 0 Å². The minimum absolute atomic E-state index is 0.0498. The Morgan fingerprint density at radius 1 is 1.54 bits per heavy atom. The molecule has 0 spiro atoms. The van der Waals surface area contributed by atoms with Gasteiger partial charge in [-0.15, -0.1) is 0 Å². The van der Waals surface area contributed by atoms with Crippen LogP contribution in [0.1, 0.15) is 0 Å². The molecular formula is C8H11FN2O2. The molecule has 0 aromatic carbocycles. The highest BCUT2D eigenvalue weighted by Crippen LogP contribution is 2.14. The normalized spacial score (nSPS) is 10.0. The number of hydrogen-bond donors (Lipinski definition) is 1. The van der Waals surface area contributed by atoms with Crippen LogP contribution in [0.4, 0.5) is 10.1 Å². The molecule has 1 heterocycles. The topological polar surface area (TPSA) is 57.4 Å². The molecule has 72 valence electrons. The third-order valence-electron chi connectivity index (χ3n) is 1.35. The molecular weight excluding hydrogens is 175 g/mol. The van der Waals surface area contributed by atoms with Gasteiger partial charge in [-0.2, -0.15) is 0 Å². The number of nitrogens with two attached hydrogens (primary N) is 1. The van der Waals surface area contributed by atoms with Crippen LogP contribution >= 0.6 is 0 Å². The standard InChI is InChI=1S/C8H11FN2O2/c1-12-2-3-13-8-7(9)4-6(10)5-11-8/h4-5H,2-3,10H2,1H3. The van der Waals surface area contributed by atoms with Crippen LogP contribution < -0.4 is 10.5 Å². The zero-order valence-electron chi connectivity index (χ0n) is 7.29. The van der Waals surface area contributed by atoms with Crippen molar-refractivity contribution in [1.29, 1.82) is 0 Å². The van der Waals surface area contributed by atoms with E-state index in [-0.39, 0.29) is 18.2 Å². The average Bonchev–Trinajstić information content (AvgIpc) is 2.09. The number of pyridine rings is 1. The van der Waals surface area contributed by atoms with Crippen LogP contribution in [-0.4, -0.2) is 25.3 Å². The predicted octanol–water partition coefficient (Wildman–Crippen LogP) is 0.828. The molecule has 0 unspecified atom stereocenters. The van der Waals surface area contributed by atoms with Crippen LogP contribution in [0, 0.1) is 5.82 Å². The highest BCUT2D eigenvalue weighted by atomic mass is 19.1. The lowest BCUT2D eigenvalue weighted by atomic mass is 10.4. The molecule has 0 atom stereocenters. The summed E-state index contributed by atoms with van der Waals surface area (Å²) in [6, 6.07) is 1.16. The molecule has 13 heavy (non-hydrogen) atoms. The monoisotopic (exact) mass is 186 g/mol. The van der Waals surface area contributed by atoms with E-state index in [2.05, 4.69) is 4.98 Å². The maximum Gasteiger partial charge on any atom is 0.250 e. The highest BCUT2D eigenvalue weighted by Gasteiger charge is 2.04. The molecule has 0 saturated carbocycles. The lowest BCUT2D eigenvalue weighted by Gasteiger charge is -2.05. The van der Waals surface area contributed by atoms with Crippen LogP contribution in [-0.2, 0) is 4.74 Å². The number of methoxy groups -OCH3 is 1. The van der Waals surface area contributed by atoms with Gasteiger partial charge in [0.2, 0.25) is 0 Å². The van der Waals surface area contributed by atoms with Gasteiger partial charge in [0.15, 0.2) is 5.82 Å². The Hall–Kier alpha value is -1.36. The molecule has 5 heteroatoms. The van der Waals surface area contributed by atoms with Gasteiger partial charge in [-0.1, -0.05) is 0 Å². The fraction of sp³-hybridized carbons (Fsp3) is 0.375. The van der Waals surface area contributed by atoms with Crippen molar-refractivity contribution in [3.05, 3.63) is 18.1 Å². The first-order valence-corrected chi connectivity index (χ1v) is 3.77. The summed E-state index contributed by atoms with van der Waals surface area (Å²) in [5.41, 5.74) is 5.57. The fourth-order valence-electron chi connectivity index (χ4n) is 0.768. The van der Waals surface area contributed by atoms with Crippen molar-refractivity contribution in [1.82, 2.24) is 4.98 Å². The number of halogens is 1. The zero-order chi connectivity index (χ0) is 9.68. The van der Waals surface area contributed by atoms with Crippen molar-refractivity contribution in [3.63, 3.8) is 0 Å². The van der Waals surface area contributed by atoms with Gasteiger partial charge in [0.1, 0.15) is 6.61 Å². The van der Waals surface area contributed by atoms with Crippen LogP contribution in [0.3, 0.4) is 0 Å². The van der Waals surface area contributed by atoms with Gasteiger partial charge in [0.05, 0.1) is 18.5 Å². The van der Waals surface area contributed by atoms with Crippen LogP contribution in [0.25, 0.3) is 0 Å². The number of hydrogen-bond acceptors (Lipinski definition) is 4. The van der Waals surface area contributed by atoms with E-state index in [0.717, 1.165) is 6.07 Å². The Balaban J connectivity index is 2.56. The first-order valence-electron chi connectivity index (χ1n) is 3.77. The lowest BCUT2D eigenvalue weighted by molar-refractivity contribution is 0.141. The van der Waals surface area contributed by atoms with Crippen LogP contribution in [0.15, 0.2) is 12.3 Å². The number of ether oxygens (including phenoxy) is 2. The molecule has 4 nitrogen and oxygen atoms in total. The van der Waals surface area contributed by atoms with E-state index in [4.69, 9.17) is 15.2 Å². The predicted molar refractivity (Wildman–Crippen MR) is 46.0 cm³/mol. The molecule has 0 aliphatic heterocycles. The van der Waals surface area contributed by atoms with E-state index in [1.165, 1.54) is 13.3 Å². The lowest BCUT2D eigenvalue weighted by Crippen LogP contribution is -2.07. The molecule has 1 aromatic rings. The second-order valence-electron chi connectivity index (χ2n) is 2.40. The zero-order valence-corrected chi connectivity index (χ0v) is 7.29. The van der Waals surface area contributed by atoms with Crippen molar-refractivity contribution in [2.24, 2.45) is 0 Å². The van der Waals surface area contributed by atoms with Gasteiger partial charge < -0.3 is 15.2 Å². The number of rotatable bonds is 4. The number of nitrogens with zero attached hydrogens (tertiary/aromatic N) is 1. The van der Waals surface area contributed by atoms with Crippen molar-refractivity contribution in [2.45, 2.75) is 0 Å².